The summed E-state index contributed by atoms with van der Waals surface area (Å²) in [7, 11) is 0. The van der Waals surface area contributed by atoms with Gasteiger partial charge in [-0.15, -0.1) is 0 Å². The highest BCUT2D eigenvalue weighted by molar-refractivity contribution is 5.89. The molecule has 2 heterocycles. The van der Waals surface area contributed by atoms with E-state index < -0.39 is 0 Å². The van der Waals surface area contributed by atoms with Crippen molar-refractivity contribution in [2.75, 3.05) is 37.6 Å². The van der Waals surface area contributed by atoms with Crippen molar-refractivity contribution in [1.29, 1.82) is 0 Å². The molecule has 3 rings (SSSR count). The van der Waals surface area contributed by atoms with Gasteiger partial charge in [-0.25, -0.2) is 9.97 Å². The summed E-state index contributed by atoms with van der Waals surface area (Å²) >= 11 is 0. The first-order valence-electron chi connectivity index (χ1n) is 8.60. The number of hydrogen-bond acceptors (Lipinski definition) is 5. The molecule has 2 aromatic rings. The Kier molecular flexibility index (Phi) is 5.25. The molecule has 0 bridgehead atoms. The van der Waals surface area contributed by atoms with Crippen LogP contribution >= 0.6 is 0 Å². The predicted molar refractivity (Wildman–Crippen MR) is 96.1 cm³/mol. The molecule has 1 amide bonds. The molecule has 1 fully saturated rings. The van der Waals surface area contributed by atoms with Crippen LogP contribution in [-0.2, 0) is 4.79 Å². The lowest BCUT2D eigenvalue weighted by molar-refractivity contribution is -0.122. The molecule has 6 nitrogen and oxygen atoms in total. The van der Waals surface area contributed by atoms with Gasteiger partial charge in [0.05, 0.1) is 12.1 Å². The Morgan fingerprint density at radius 3 is 2.83 bits per heavy atom. The van der Waals surface area contributed by atoms with Crippen molar-refractivity contribution in [1.82, 2.24) is 20.2 Å². The maximum absolute atomic E-state index is 12.0. The van der Waals surface area contributed by atoms with Crippen LogP contribution in [0.3, 0.4) is 0 Å². The van der Waals surface area contributed by atoms with Crippen molar-refractivity contribution in [2.45, 2.75) is 26.3 Å². The van der Waals surface area contributed by atoms with Crippen LogP contribution < -0.4 is 10.2 Å². The quantitative estimate of drug-likeness (QED) is 0.925. The minimum Gasteiger partial charge on any atom is -0.355 e. The summed E-state index contributed by atoms with van der Waals surface area (Å²) in [5.41, 5.74) is 0.972. The largest absolute Gasteiger partial charge is 0.355 e. The first kappa shape index (κ1) is 16.6. The highest BCUT2D eigenvalue weighted by atomic mass is 16.2. The van der Waals surface area contributed by atoms with Gasteiger partial charge < -0.3 is 10.2 Å². The van der Waals surface area contributed by atoms with Crippen LogP contribution in [0.1, 0.15) is 20.3 Å². The zero-order valence-corrected chi connectivity index (χ0v) is 14.4. The van der Waals surface area contributed by atoms with Crippen LogP contribution in [0.25, 0.3) is 10.9 Å². The molecule has 1 saturated heterocycles. The number of anilines is 1. The number of fused-ring (bicyclic) bond motifs is 1. The molecule has 0 saturated carbocycles. The van der Waals surface area contributed by atoms with Crippen LogP contribution in [0.5, 0.6) is 0 Å². The third kappa shape index (κ3) is 4.00. The van der Waals surface area contributed by atoms with Crippen LogP contribution in [0.15, 0.2) is 30.6 Å². The smallest absolute Gasteiger partial charge is 0.234 e. The molecule has 1 aromatic carbocycles. The van der Waals surface area contributed by atoms with Crippen molar-refractivity contribution in [3.8, 4) is 0 Å². The Labute approximate surface area is 142 Å². The minimum atomic E-state index is 0.103. The highest BCUT2D eigenvalue weighted by Gasteiger charge is 2.19. The molecule has 1 aromatic heterocycles. The second-order valence-corrected chi connectivity index (χ2v) is 6.55. The van der Waals surface area contributed by atoms with E-state index >= 15 is 0 Å². The first-order valence-corrected chi connectivity index (χ1v) is 8.60. The Morgan fingerprint density at radius 1 is 1.17 bits per heavy atom. The van der Waals surface area contributed by atoms with E-state index in [-0.39, 0.29) is 11.9 Å². The summed E-state index contributed by atoms with van der Waals surface area (Å²) in [6.45, 7) is 8.06. The van der Waals surface area contributed by atoms with Crippen LogP contribution in [0.4, 0.5) is 5.82 Å². The molecule has 0 atom stereocenters. The van der Waals surface area contributed by atoms with E-state index in [1.165, 1.54) is 0 Å². The van der Waals surface area contributed by atoms with Gasteiger partial charge in [-0.1, -0.05) is 12.1 Å². The average Bonchev–Trinajstić information content (AvgIpc) is 2.79. The fraction of sp³-hybridized carbons (Fsp3) is 0.500. The number of aromatic nitrogens is 2. The Bertz CT molecular complexity index is 697. The maximum Gasteiger partial charge on any atom is 0.234 e. The molecule has 0 spiro atoms. The van der Waals surface area contributed by atoms with Crippen LogP contribution in [0.2, 0.25) is 0 Å². The van der Waals surface area contributed by atoms with Gasteiger partial charge in [0.1, 0.15) is 12.1 Å². The molecule has 0 unspecified atom stereocenters. The zero-order chi connectivity index (χ0) is 16.9. The van der Waals surface area contributed by atoms with Gasteiger partial charge >= 0.3 is 0 Å². The molecule has 1 N–H and O–H groups in total. The average molecular weight is 327 g/mol. The van der Waals surface area contributed by atoms with Crippen molar-refractivity contribution < 1.29 is 4.79 Å². The second-order valence-electron chi connectivity index (χ2n) is 6.55. The van der Waals surface area contributed by atoms with E-state index in [9.17, 15) is 4.79 Å². The van der Waals surface area contributed by atoms with Gasteiger partial charge in [0, 0.05) is 37.6 Å². The highest BCUT2D eigenvalue weighted by Crippen LogP contribution is 2.23. The molecular weight excluding hydrogens is 302 g/mol. The summed E-state index contributed by atoms with van der Waals surface area (Å²) in [4.78, 5) is 25.4. The third-order valence-corrected chi connectivity index (χ3v) is 4.23. The van der Waals surface area contributed by atoms with Crippen molar-refractivity contribution >= 4 is 22.6 Å². The van der Waals surface area contributed by atoms with Gasteiger partial charge in [0.2, 0.25) is 5.91 Å². The molecule has 1 aliphatic heterocycles. The second kappa shape index (κ2) is 7.57. The van der Waals surface area contributed by atoms with Gasteiger partial charge in [-0.2, -0.15) is 0 Å². The van der Waals surface area contributed by atoms with Crippen LogP contribution in [-0.4, -0.2) is 59.5 Å². The normalized spacial score (nSPS) is 16.4. The molecule has 24 heavy (non-hydrogen) atoms. The van der Waals surface area contributed by atoms with Crippen molar-refractivity contribution in [3.05, 3.63) is 30.6 Å². The van der Waals surface area contributed by atoms with E-state index in [2.05, 4.69) is 31.2 Å². The molecule has 1 aliphatic rings. The lowest BCUT2D eigenvalue weighted by atomic mass is 10.2. The van der Waals surface area contributed by atoms with Crippen molar-refractivity contribution in [3.63, 3.8) is 0 Å². The number of nitrogens with one attached hydrogen (secondary N) is 1. The SMILES string of the molecule is CC(C)NC(=O)CN1CCCN(c2ncnc3ccccc23)CC1. The summed E-state index contributed by atoms with van der Waals surface area (Å²) < 4.78 is 0. The van der Waals surface area contributed by atoms with Gasteiger partial charge in [-0.05, 0) is 32.4 Å². The van der Waals surface area contributed by atoms with Crippen molar-refractivity contribution in [2.24, 2.45) is 0 Å². The third-order valence-electron chi connectivity index (χ3n) is 4.23. The Hall–Kier alpha value is -2.21. The van der Waals surface area contributed by atoms with E-state index in [1.54, 1.807) is 6.33 Å². The zero-order valence-electron chi connectivity index (χ0n) is 14.4. The van der Waals surface area contributed by atoms with E-state index in [0.29, 0.717) is 6.54 Å². The standard InChI is InChI=1S/C18H25N5O/c1-14(2)21-17(24)12-22-8-5-9-23(11-10-22)18-15-6-3-4-7-16(15)19-13-20-18/h3-4,6-7,13-14H,5,8-12H2,1-2H3,(H,21,24). The molecule has 128 valence electrons. The lowest BCUT2D eigenvalue weighted by Crippen LogP contribution is -2.41. The topological polar surface area (TPSA) is 61.4 Å². The summed E-state index contributed by atoms with van der Waals surface area (Å²) in [6.07, 6.45) is 2.66. The molecule has 0 radical (unpaired) electrons. The summed E-state index contributed by atoms with van der Waals surface area (Å²) in [6, 6.07) is 8.30. The summed E-state index contributed by atoms with van der Waals surface area (Å²) in [5, 5.41) is 4.05. The Balaban J connectivity index is 1.68. The number of carbonyl (C=O) groups is 1. The number of benzene rings is 1. The van der Waals surface area contributed by atoms with Crippen LogP contribution in [0, 0.1) is 0 Å². The monoisotopic (exact) mass is 327 g/mol. The fourth-order valence-corrected chi connectivity index (χ4v) is 3.15. The maximum atomic E-state index is 12.0. The first-order chi connectivity index (χ1) is 11.6. The molecule has 0 aliphatic carbocycles. The van der Waals surface area contributed by atoms with E-state index in [1.807, 2.05) is 32.0 Å². The fourth-order valence-electron chi connectivity index (χ4n) is 3.15. The van der Waals surface area contributed by atoms with Gasteiger partial charge in [0.15, 0.2) is 0 Å². The molecule has 6 heteroatoms. The number of nitrogens with zero attached hydrogens (tertiary/aromatic N) is 4. The number of hydrogen-bond donors (Lipinski definition) is 1. The minimum absolute atomic E-state index is 0.103. The Morgan fingerprint density at radius 2 is 2.00 bits per heavy atom. The van der Waals surface area contributed by atoms with E-state index in [0.717, 1.165) is 49.3 Å². The van der Waals surface area contributed by atoms with Gasteiger partial charge in [0.25, 0.3) is 0 Å². The van der Waals surface area contributed by atoms with E-state index in [4.69, 9.17) is 0 Å². The number of para-hydroxylation sites is 1. The number of rotatable bonds is 4. The van der Waals surface area contributed by atoms with Gasteiger partial charge in [-0.3, -0.25) is 9.69 Å². The number of carbonyl (C=O) groups excluding carboxylic acids is 1. The summed E-state index contributed by atoms with van der Waals surface area (Å²) in [5.74, 6) is 1.10. The lowest BCUT2D eigenvalue weighted by Gasteiger charge is -2.23. The number of amides is 1. The molecular formula is C18H25N5O. The predicted octanol–water partition coefficient (Wildman–Crippen LogP) is 1.67.